The molecule has 17 heavy (non-hydrogen) atoms. The zero-order valence-corrected chi connectivity index (χ0v) is 10.0. The van der Waals surface area contributed by atoms with Gasteiger partial charge < -0.3 is 10.3 Å². The zero-order valence-electron chi connectivity index (χ0n) is 10.0. The molecule has 0 saturated carbocycles. The molecule has 0 bridgehead atoms. The van der Waals surface area contributed by atoms with E-state index in [1.807, 2.05) is 6.07 Å². The van der Waals surface area contributed by atoms with Crippen molar-refractivity contribution in [3.05, 3.63) is 35.3 Å². The highest BCUT2D eigenvalue weighted by molar-refractivity contribution is 5.86. The molecule has 0 radical (unpaired) electrons. The van der Waals surface area contributed by atoms with E-state index in [-0.39, 0.29) is 5.82 Å². The number of H-pyrrole nitrogens is 1. The number of hydrogen-bond acceptors (Lipinski definition) is 1. The van der Waals surface area contributed by atoms with Gasteiger partial charge in [0.2, 0.25) is 0 Å². The summed E-state index contributed by atoms with van der Waals surface area (Å²) in [7, 11) is 0. The number of halogens is 1. The van der Waals surface area contributed by atoms with E-state index < -0.39 is 0 Å². The Morgan fingerprint density at radius 2 is 2.35 bits per heavy atom. The van der Waals surface area contributed by atoms with Gasteiger partial charge in [0, 0.05) is 17.1 Å². The van der Waals surface area contributed by atoms with Crippen LogP contribution in [0.4, 0.5) is 4.39 Å². The maximum Gasteiger partial charge on any atom is 0.147 e. The summed E-state index contributed by atoms with van der Waals surface area (Å²) in [6.07, 6.45) is 3.26. The molecule has 1 aliphatic carbocycles. The number of nitrogens with one attached hydrogen (secondary N) is 2. The van der Waals surface area contributed by atoms with Crippen molar-refractivity contribution in [2.24, 2.45) is 0 Å². The van der Waals surface area contributed by atoms with Crippen LogP contribution in [0.5, 0.6) is 0 Å². The fourth-order valence-electron chi connectivity index (χ4n) is 2.81. The predicted molar refractivity (Wildman–Crippen MR) is 67.6 cm³/mol. The molecule has 3 heteroatoms. The molecule has 1 aromatic carbocycles. The van der Waals surface area contributed by atoms with E-state index in [1.165, 1.54) is 17.3 Å². The molecule has 1 atom stereocenters. The second-order valence-electron chi connectivity index (χ2n) is 4.73. The van der Waals surface area contributed by atoms with Crippen LogP contribution in [0.1, 0.15) is 37.1 Å². The van der Waals surface area contributed by atoms with Gasteiger partial charge >= 0.3 is 0 Å². The maximum absolute atomic E-state index is 13.7. The summed E-state index contributed by atoms with van der Waals surface area (Å²) >= 11 is 0. The average Bonchev–Trinajstić information content (AvgIpc) is 2.87. The van der Waals surface area contributed by atoms with Gasteiger partial charge in [-0.1, -0.05) is 19.1 Å². The molecule has 0 saturated heterocycles. The second-order valence-corrected chi connectivity index (χ2v) is 4.73. The highest BCUT2D eigenvalue weighted by Gasteiger charge is 2.26. The van der Waals surface area contributed by atoms with Crippen molar-refractivity contribution in [1.82, 2.24) is 10.3 Å². The number of aromatic amines is 1. The topological polar surface area (TPSA) is 27.8 Å². The van der Waals surface area contributed by atoms with Crippen LogP contribution in [0.3, 0.4) is 0 Å². The molecule has 2 N–H and O–H groups in total. The number of aromatic nitrogens is 1. The lowest BCUT2D eigenvalue weighted by atomic mass is 10.1. The van der Waals surface area contributed by atoms with Gasteiger partial charge in [-0.15, -0.1) is 0 Å². The summed E-state index contributed by atoms with van der Waals surface area (Å²) in [6.45, 7) is 3.18. The first kappa shape index (κ1) is 10.8. The Labute approximate surface area is 100 Å². The number of rotatable bonds is 3. The van der Waals surface area contributed by atoms with Gasteiger partial charge in [0.15, 0.2) is 0 Å². The van der Waals surface area contributed by atoms with Crippen LogP contribution in [0.25, 0.3) is 10.9 Å². The van der Waals surface area contributed by atoms with Crippen LogP contribution in [-0.2, 0) is 6.42 Å². The summed E-state index contributed by atoms with van der Waals surface area (Å²) in [5.74, 6) is -0.147. The molecule has 0 fully saturated rings. The minimum atomic E-state index is -0.147. The van der Waals surface area contributed by atoms with Gasteiger partial charge in [-0.05, 0) is 37.4 Å². The monoisotopic (exact) mass is 232 g/mol. The van der Waals surface area contributed by atoms with E-state index in [2.05, 4.69) is 17.2 Å². The Morgan fingerprint density at radius 3 is 3.18 bits per heavy atom. The van der Waals surface area contributed by atoms with Crippen LogP contribution >= 0.6 is 0 Å². The molecule has 1 aromatic heterocycles. The number of fused-ring (bicyclic) bond motifs is 3. The zero-order chi connectivity index (χ0) is 11.8. The van der Waals surface area contributed by atoms with Crippen molar-refractivity contribution in [2.45, 2.75) is 32.2 Å². The number of para-hydroxylation sites is 1. The Kier molecular flexibility index (Phi) is 2.63. The van der Waals surface area contributed by atoms with Gasteiger partial charge in [-0.2, -0.15) is 0 Å². The number of aryl methyl sites for hydroxylation is 1. The molecule has 1 aliphatic rings. The fourth-order valence-corrected chi connectivity index (χ4v) is 2.81. The Hall–Kier alpha value is -1.35. The normalized spacial score (nSPS) is 18.8. The van der Waals surface area contributed by atoms with Gasteiger partial charge in [-0.3, -0.25) is 0 Å². The van der Waals surface area contributed by atoms with E-state index >= 15 is 0 Å². The highest BCUT2D eigenvalue weighted by atomic mass is 19.1. The van der Waals surface area contributed by atoms with E-state index in [0.29, 0.717) is 11.6 Å². The molecule has 0 amide bonds. The number of benzene rings is 1. The molecule has 1 unspecified atom stereocenters. The lowest BCUT2D eigenvalue weighted by Gasteiger charge is -2.12. The van der Waals surface area contributed by atoms with Crippen molar-refractivity contribution in [3.63, 3.8) is 0 Å². The van der Waals surface area contributed by atoms with Crippen LogP contribution in [0, 0.1) is 5.82 Å². The first-order chi connectivity index (χ1) is 8.31. The minimum Gasteiger partial charge on any atom is -0.356 e. The van der Waals surface area contributed by atoms with Gasteiger partial charge in [0.1, 0.15) is 5.82 Å². The smallest absolute Gasteiger partial charge is 0.147 e. The summed E-state index contributed by atoms with van der Waals surface area (Å²) in [5.41, 5.74) is 3.16. The van der Waals surface area contributed by atoms with Crippen LogP contribution in [0.2, 0.25) is 0 Å². The maximum atomic E-state index is 13.7. The van der Waals surface area contributed by atoms with E-state index in [4.69, 9.17) is 0 Å². The van der Waals surface area contributed by atoms with Crippen molar-refractivity contribution in [2.75, 3.05) is 6.54 Å². The molecule has 0 aliphatic heterocycles. The SMILES string of the molecule is CCCNC1CCc2[nH]c3c(F)cccc3c21. The third-order valence-corrected chi connectivity index (χ3v) is 3.58. The Morgan fingerprint density at radius 1 is 1.47 bits per heavy atom. The first-order valence-electron chi connectivity index (χ1n) is 6.33. The third-order valence-electron chi connectivity index (χ3n) is 3.58. The van der Waals surface area contributed by atoms with E-state index in [1.54, 1.807) is 6.07 Å². The predicted octanol–water partition coefficient (Wildman–Crippen LogP) is 3.29. The summed E-state index contributed by atoms with van der Waals surface area (Å²) in [6, 6.07) is 5.71. The Balaban J connectivity index is 2.07. The Bertz CT molecular complexity index is 544. The van der Waals surface area contributed by atoms with Gasteiger partial charge in [-0.25, -0.2) is 4.39 Å². The van der Waals surface area contributed by atoms with Gasteiger partial charge in [0.05, 0.1) is 5.52 Å². The molecule has 2 nitrogen and oxygen atoms in total. The summed E-state index contributed by atoms with van der Waals surface area (Å²) in [4.78, 5) is 3.24. The quantitative estimate of drug-likeness (QED) is 0.835. The standard InChI is InChI=1S/C14H17FN2/c1-2-8-16-11-6-7-12-13(11)9-4-3-5-10(15)14(9)17-12/h3-5,11,16-17H,2,6-8H2,1H3. The molecule has 2 aromatic rings. The lowest BCUT2D eigenvalue weighted by molar-refractivity contribution is 0.531. The molecular formula is C14H17FN2. The van der Waals surface area contributed by atoms with Crippen molar-refractivity contribution < 1.29 is 4.39 Å². The molecule has 1 heterocycles. The van der Waals surface area contributed by atoms with Crippen molar-refractivity contribution in [1.29, 1.82) is 0 Å². The summed E-state index contributed by atoms with van der Waals surface area (Å²) in [5, 5.41) is 4.59. The molecule has 0 spiro atoms. The van der Waals surface area contributed by atoms with Crippen LogP contribution < -0.4 is 5.32 Å². The van der Waals surface area contributed by atoms with Gasteiger partial charge in [0.25, 0.3) is 0 Å². The highest BCUT2D eigenvalue weighted by Crippen LogP contribution is 2.37. The molecular weight excluding hydrogens is 215 g/mol. The van der Waals surface area contributed by atoms with E-state index in [0.717, 1.165) is 31.2 Å². The fraction of sp³-hybridized carbons (Fsp3) is 0.429. The third kappa shape index (κ3) is 1.65. The average molecular weight is 232 g/mol. The first-order valence-corrected chi connectivity index (χ1v) is 6.33. The molecule has 3 rings (SSSR count). The summed E-state index contributed by atoms with van der Waals surface area (Å²) < 4.78 is 13.7. The molecule has 90 valence electrons. The largest absolute Gasteiger partial charge is 0.356 e. The lowest BCUT2D eigenvalue weighted by Crippen LogP contribution is -2.19. The second kappa shape index (κ2) is 4.15. The van der Waals surface area contributed by atoms with Crippen LogP contribution in [0.15, 0.2) is 18.2 Å². The van der Waals surface area contributed by atoms with Crippen molar-refractivity contribution >= 4 is 10.9 Å². The number of hydrogen-bond donors (Lipinski definition) is 2. The van der Waals surface area contributed by atoms with E-state index in [9.17, 15) is 4.39 Å². The van der Waals surface area contributed by atoms with Crippen molar-refractivity contribution in [3.8, 4) is 0 Å². The van der Waals surface area contributed by atoms with Crippen LogP contribution in [-0.4, -0.2) is 11.5 Å². The minimum absolute atomic E-state index is 0.147.